The summed E-state index contributed by atoms with van der Waals surface area (Å²) in [5.74, 6) is -0.259. The van der Waals surface area contributed by atoms with Crippen molar-refractivity contribution in [3.63, 3.8) is 0 Å². The van der Waals surface area contributed by atoms with Crippen LogP contribution < -0.4 is 5.32 Å². The van der Waals surface area contributed by atoms with E-state index in [-0.39, 0.29) is 35.8 Å². The Morgan fingerprint density at radius 2 is 2.03 bits per heavy atom. The highest BCUT2D eigenvalue weighted by molar-refractivity contribution is 7.89. The number of carbonyl (C=O) groups is 2. The number of ether oxygens (including phenoxy) is 1. The largest absolute Gasteiger partial charge is 0.463 e. The van der Waals surface area contributed by atoms with Gasteiger partial charge in [-0.1, -0.05) is 0 Å². The predicted octanol–water partition coefficient (Wildman–Crippen LogP) is 1.18. The van der Waals surface area contributed by atoms with E-state index < -0.39 is 16.0 Å². The van der Waals surface area contributed by atoms with E-state index in [1.165, 1.54) is 23.5 Å². The Balaban J connectivity index is 1.46. The molecule has 1 amide bonds. The van der Waals surface area contributed by atoms with Crippen LogP contribution in [-0.4, -0.2) is 60.9 Å². The highest BCUT2D eigenvalue weighted by Gasteiger charge is 2.34. The first-order valence-electron chi connectivity index (χ1n) is 9.76. The molecule has 1 N–H and O–H groups in total. The van der Waals surface area contributed by atoms with Crippen LogP contribution in [0.1, 0.15) is 35.6 Å². The number of aryl methyl sites for hydroxylation is 2. The monoisotopic (exact) mass is 438 g/mol. The Morgan fingerprint density at radius 1 is 1.30 bits per heavy atom. The Morgan fingerprint density at radius 3 is 2.67 bits per heavy atom. The number of nitrogens with zero attached hydrogens (tertiary/aromatic N) is 3. The molecule has 2 aromatic rings. The minimum absolute atomic E-state index is 0.0552. The van der Waals surface area contributed by atoms with Gasteiger partial charge in [0.2, 0.25) is 16.8 Å². The third kappa shape index (κ3) is 4.90. The van der Waals surface area contributed by atoms with Crippen molar-refractivity contribution in [2.24, 2.45) is 5.92 Å². The Bertz CT molecular complexity index is 988. The van der Waals surface area contributed by atoms with Crippen molar-refractivity contribution >= 4 is 21.9 Å². The number of esters is 1. The highest BCUT2D eigenvalue weighted by atomic mass is 32.2. The first-order chi connectivity index (χ1) is 14.3. The van der Waals surface area contributed by atoms with Crippen LogP contribution in [0, 0.1) is 12.8 Å². The maximum absolute atomic E-state index is 12.7. The molecule has 3 rings (SSSR count). The summed E-state index contributed by atoms with van der Waals surface area (Å²) in [7, 11) is -2.68. The first-order valence-corrected chi connectivity index (χ1v) is 11.2. The molecule has 11 heteroatoms. The molecule has 0 aliphatic carbocycles. The van der Waals surface area contributed by atoms with Crippen molar-refractivity contribution in [3.8, 4) is 0 Å². The van der Waals surface area contributed by atoms with Crippen LogP contribution in [0.2, 0.25) is 0 Å². The molecular formula is C19H26N4O6S. The first kappa shape index (κ1) is 22.0. The van der Waals surface area contributed by atoms with E-state index in [4.69, 9.17) is 4.42 Å². The number of hydrogen-bond acceptors (Lipinski definition) is 7. The van der Waals surface area contributed by atoms with E-state index in [9.17, 15) is 18.0 Å². The van der Waals surface area contributed by atoms with Crippen LogP contribution in [0.25, 0.3) is 0 Å². The number of rotatable bonds is 8. The van der Waals surface area contributed by atoms with Gasteiger partial charge >= 0.3 is 5.97 Å². The Kier molecular flexibility index (Phi) is 6.93. The van der Waals surface area contributed by atoms with E-state index in [1.807, 2.05) is 17.7 Å². The lowest BCUT2D eigenvalue weighted by Crippen LogP contribution is -2.43. The van der Waals surface area contributed by atoms with Crippen LogP contribution in [-0.2, 0) is 26.1 Å². The fourth-order valence-corrected chi connectivity index (χ4v) is 4.78. The van der Waals surface area contributed by atoms with E-state index in [0.29, 0.717) is 19.4 Å². The van der Waals surface area contributed by atoms with Crippen molar-refractivity contribution in [2.45, 2.75) is 37.8 Å². The summed E-state index contributed by atoms with van der Waals surface area (Å²) >= 11 is 0. The number of amides is 1. The molecule has 3 heterocycles. The van der Waals surface area contributed by atoms with Crippen molar-refractivity contribution in [3.05, 3.63) is 36.1 Å². The maximum Gasteiger partial charge on any atom is 0.374 e. The van der Waals surface area contributed by atoms with Gasteiger partial charge < -0.3 is 19.0 Å². The number of furan rings is 1. The Labute approximate surface area is 175 Å². The number of methoxy groups -OCH3 is 1. The fourth-order valence-electron chi connectivity index (χ4n) is 3.40. The standard InChI is InChI=1S/C19H26N4O6S/c1-14-20-9-13-22(14)10-3-8-21-18(24)15-6-11-23(12-7-15)30(26,27)17-5-4-16(29-17)19(25)28-2/h4-5,9,13,15H,3,6-8,10-12H2,1-2H3,(H,21,24). The maximum atomic E-state index is 12.7. The smallest absolute Gasteiger partial charge is 0.374 e. The minimum Gasteiger partial charge on any atom is -0.463 e. The zero-order valence-electron chi connectivity index (χ0n) is 17.0. The lowest BCUT2D eigenvalue weighted by Gasteiger charge is -2.29. The Hall–Kier alpha value is -2.66. The van der Waals surface area contributed by atoms with Gasteiger partial charge in [-0.05, 0) is 38.3 Å². The molecule has 1 saturated heterocycles. The molecule has 0 bridgehead atoms. The third-order valence-corrected chi connectivity index (χ3v) is 6.96. The number of carbonyl (C=O) groups excluding carboxylic acids is 2. The molecule has 1 aliphatic heterocycles. The summed E-state index contributed by atoms with van der Waals surface area (Å²) < 4.78 is 38.4. The molecule has 0 spiro atoms. The predicted molar refractivity (Wildman–Crippen MR) is 106 cm³/mol. The summed E-state index contributed by atoms with van der Waals surface area (Å²) in [5.41, 5.74) is 0. The van der Waals surface area contributed by atoms with Crippen molar-refractivity contribution < 1.29 is 27.2 Å². The molecule has 164 valence electrons. The lowest BCUT2D eigenvalue weighted by molar-refractivity contribution is -0.126. The van der Waals surface area contributed by atoms with E-state index in [2.05, 4.69) is 15.0 Å². The number of nitrogens with one attached hydrogen (secondary N) is 1. The van der Waals surface area contributed by atoms with Crippen LogP contribution in [0.3, 0.4) is 0 Å². The van der Waals surface area contributed by atoms with Crippen molar-refractivity contribution in [1.82, 2.24) is 19.2 Å². The zero-order chi connectivity index (χ0) is 21.7. The summed E-state index contributed by atoms with van der Waals surface area (Å²) in [5, 5.41) is 2.63. The molecule has 0 atom stereocenters. The second kappa shape index (κ2) is 9.43. The van der Waals surface area contributed by atoms with Gasteiger partial charge in [-0.25, -0.2) is 18.2 Å². The van der Waals surface area contributed by atoms with Crippen molar-refractivity contribution in [2.75, 3.05) is 26.7 Å². The van der Waals surface area contributed by atoms with E-state index >= 15 is 0 Å². The zero-order valence-corrected chi connectivity index (χ0v) is 17.9. The molecule has 1 fully saturated rings. The average Bonchev–Trinajstić information content (AvgIpc) is 3.40. The molecule has 1 aliphatic rings. The number of aromatic nitrogens is 2. The van der Waals surface area contributed by atoms with Gasteiger partial charge in [0.1, 0.15) is 5.82 Å². The quantitative estimate of drug-likeness (QED) is 0.485. The summed E-state index contributed by atoms with van der Waals surface area (Å²) in [6, 6.07) is 2.51. The molecule has 0 radical (unpaired) electrons. The van der Waals surface area contributed by atoms with E-state index in [1.54, 1.807) is 6.20 Å². The normalized spacial score (nSPS) is 15.8. The van der Waals surface area contributed by atoms with Crippen LogP contribution in [0.4, 0.5) is 0 Å². The van der Waals surface area contributed by atoms with Gasteiger partial charge in [0.05, 0.1) is 7.11 Å². The summed E-state index contributed by atoms with van der Waals surface area (Å²) in [6.07, 6.45) is 5.29. The van der Waals surface area contributed by atoms with Crippen LogP contribution in [0.15, 0.2) is 34.0 Å². The number of sulfonamides is 1. The van der Waals surface area contributed by atoms with Gasteiger partial charge in [-0.15, -0.1) is 0 Å². The topological polar surface area (TPSA) is 124 Å². The van der Waals surface area contributed by atoms with Gasteiger partial charge in [0.25, 0.3) is 10.0 Å². The van der Waals surface area contributed by atoms with Gasteiger partial charge in [-0.3, -0.25) is 4.79 Å². The number of piperidine rings is 1. The molecule has 10 nitrogen and oxygen atoms in total. The SMILES string of the molecule is COC(=O)c1ccc(S(=O)(=O)N2CCC(C(=O)NCCCn3ccnc3C)CC2)o1. The van der Waals surface area contributed by atoms with Gasteiger partial charge in [0, 0.05) is 44.5 Å². The molecule has 0 saturated carbocycles. The average molecular weight is 439 g/mol. The molecule has 0 unspecified atom stereocenters. The van der Waals surface area contributed by atoms with E-state index in [0.717, 1.165) is 18.8 Å². The molecule has 2 aromatic heterocycles. The highest BCUT2D eigenvalue weighted by Crippen LogP contribution is 2.25. The van der Waals surface area contributed by atoms with Crippen LogP contribution >= 0.6 is 0 Å². The summed E-state index contributed by atoms with van der Waals surface area (Å²) in [6.45, 7) is 3.68. The van der Waals surface area contributed by atoms with Gasteiger partial charge in [0.15, 0.2) is 0 Å². The van der Waals surface area contributed by atoms with Crippen LogP contribution in [0.5, 0.6) is 0 Å². The molecule has 0 aromatic carbocycles. The number of imidazole rings is 1. The van der Waals surface area contributed by atoms with Gasteiger partial charge in [-0.2, -0.15) is 4.31 Å². The second-order valence-corrected chi connectivity index (χ2v) is 8.97. The number of hydrogen-bond donors (Lipinski definition) is 1. The minimum atomic E-state index is -3.86. The molecule has 30 heavy (non-hydrogen) atoms. The molecular weight excluding hydrogens is 412 g/mol. The lowest BCUT2D eigenvalue weighted by atomic mass is 9.97. The third-order valence-electron chi connectivity index (χ3n) is 5.19. The fraction of sp³-hybridized carbons (Fsp3) is 0.526. The second-order valence-electron chi connectivity index (χ2n) is 7.10. The van der Waals surface area contributed by atoms with Crippen molar-refractivity contribution in [1.29, 1.82) is 0 Å². The summed E-state index contributed by atoms with van der Waals surface area (Å²) in [4.78, 5) is 28.0.